The molecule has 0 aromatic heterocycles. The summed E-state index contributed by atoms with van der Waals surface area (Å²) in [6.07, 6.45) is 8.66. The summed E-state index contributed by atoms with van der Waals surface area (Å²) in [4.78, 5) is 52.3. The largest absolute Gasteiger partial charge is 0.494 e. The predicted octanol–water partition coefficient (Wildman–Crippen LogP) is 5.53. The van der Waals surface area contributed by atoms with Gasteiger partial charge in [0, 0.05) is 48.0 Å². The number of benzene rings is 2. The highest BCUT2D eigenvalue weighted by Gasteiger charge is 2.74. The Morgan fingerprint density at radius 1 is 0.857 bits per heavy atom. The number of ether oxygens (including phenoxy) is 1. The minimum absolute atomic E-state index is 0.140. The summed E-state index contributed by atoms with van der Waals surface area (Å²) in [6.45, 7) is 15.1. The molecule has 0 radical (unpaired) electrons. The third kappa shape index (κ3) is 5.94. The molecule has 2 fully saturated rings. The first-order chi connectivity index (χ1) is 23.5. The van der Waals surface area contributed by atoms with E-state index in [1.807, 2.05) is 80.6 Å². The lowest BCUT2D eigenvalue weighted by Gasteiger charge is -2.40. The Kier molecular flexibility index (Phi) is 9.93. The van der Waals surface area contributed by atoms with Gasteiger partial charge in [-0.1, -0.05) is 38.2 Å². The van der Waals surface area contributed by atoms with E-state index in [1.54, 1.807) is 26.5 Å². The highest BCUT2D eigenvalue weighted by Crippen LogP contribution is 2.66. The molecule has 0 aliphatic carbocycles. The van der Waals surface area contributed by atoms with Gasteiger partial charge >= 0.3 is 0 Å². The second kappa shape index (κ2) is 13.9. The second-order valence-electron chi connectivity index (χ2n) is 14.0. The number of rotatable bonds is 11. The fourth-order valence-electron chi connectivity index (χ4n) is 8.46. The maximum atomic E-state index is 15.0. The standard InChI is InChI=1S/C39H50N4O5S/c1-7-40(8-2)27-12-14-28(15-13-27)42-23-11-21-39-33(36(46)43(34(39)37(42)47)30(25-44)24-26(4)5)32-35(45)41(22-10-20-38(32,6)49-39)29-16-18-31(19-17-29)48-9-3/h10-21,26,30,32-34,44H,7-9,22-25H2,1-6H3/t30-,32+,33+,34?,38-,39+/m1/s1. The van der Waals surface area contributed by atoms with Gasteiger partial charge in [-0.25, -0.2) is 0 Å². The molecule has 4 heterocycles. The number of fused-ring (bicyclic) bond motifs is 2. The SMILES string of the molecule is CCOc1ccc(N2CC=C[C@@]3(C)S[C@]45C=CCN(c6ccc(N(CC)CC)cc6)C(=O)C4N([C@@H](CO)CC(C)C)C(=O)[C@@H]5[C@H]3C2=O)cc1. The molecule has 0 bridgehead atoms. The number of thioether (sulfide) groups is 1. The zero-order valence-corrected chi connectivity index (χ0v) is 30.4. The number of likely N-dealkylation sites (tertiary alicyclic amines) is 1. The Hall–Kier alpha value is -3.76. The van der Waals surface area contributed by atoms with Gasteiger partial charge in [0.1, 0.15) is 11.8 Å². The molecule has 262 valence electrons. The molecular formula is C39H50N4O5S. The normalized spacial score (nSPS) is 28.4. The Bertz CT molecular complexity index is 1610. The Morgan fingerprint density at radius 3 is 2.02 bits per heavy atom. The van der Waals surface area contributed by atoms with Crippen LogP contribution in [0.3, 0.4) is 0 Å². The van der Waals surface area contributed by atoms with Crippen molar-refractivity contribution >= 4 is 46.5 Å². The smallest absolute Gasteiger partial charge is 0.251 e. The number of aliphatic hydroxyl groups excluding tert-OH is 1. The monoisotopic (exact) mass is 686 g/mol. The molecule has 6 atom stereocenters. The molecule has 1 unspecified atom stereocenters. The quantitative estimate of drug-likeness (QED) is 0.311. The lowest BCUT2D eigenvalue weighted by atomic mass is 9.74. The average Bonchev–Trinajstić information content (AvgIpc) is 3.36. The van der Waals surface area contributed by atoms with E-state index in [1.165, 1.54) is 0 Å². The van der Waals surface area contributed by atoms with Crippen LogP contribution < -0.4 is 19.4 Å². The number of carbonyl (C=O) groups excluding carboxylic acids is 3. The van der Waals surface area contributed by atoms with Gasteiger partial charge in [0.2, 0.25) is 11.8 Å². The minimum Gasteiger partial charge on any atom is -0.494 e. The van der Waals surface area contributed by atoms with Crippen molar-refractivity contribution in [3.05, 3.63) is 72.8 Å². The highest BCUT2D eigenvalue weighted by molar-refractivity contribution is 8.02. The fraction of sp³-hybridized carbons (Fsp3) is 0.513. The third-order valence-corrected chi connectivity index (χ3v) is 12.4. The molecule has 49 heavy (non-hydrogen) atoms. The molecule has 4 aliphatic heterocycles. The van der Waals surface area contributed by atoms with Gasteiger partial charge in [-0.15, -0.1) is 11.8 Å². The molecule has 3 amide bonds. The van der Waals surface area contributed by atoms with Crippen molar-refractivity contribution in [2.45, 2.75) is 69.5 Å². The van der Waals surface area contributed by atoms with Crippen LogP contribution >= 0.6 is 11.8 Å². The number of hydrogen-bond acceptors (Lipinski definition) is 7. The zero-order chi connectivity index (χ0) is 35.1. The summed E-state index contributed by atoms with van der Waals surface area (Å²) in [5.41, 5.74) is 2.57. The second-order valence-corrected chi connectivity index (χ2v) is 15.8. The first-order valence-corrected chi connectivity index (χ1v) is 18.5. The van der Waals surface area contributed by atoms with Gasteiger partial charge in [0.25, 0.3) is 5.91 Å². The van der Waals surface area contributed by atoms with Crippen molar-refractivity contribution in [2.24, 2.45) is 17.8 Å². The Balaban J connectivity index is 1.43. The first kappa shape index (κ1) is 35.1. The zero-order valence-electron chi connectivity index (χ0n) is 29.5. The van der Waals surface area contributed by atoms with E-state index >= 15 is 9.59 Å². The van der Waals surface area contributed by atoms with Gasteiger partial charge in [0.05, 0.1) is 35.8 Å². The van der Waals surface area contributed by atoms with Gasteiger partial charge in [-0.05, 0) is 88.6 Å². The maximum Gasteiger partial charge on any atom is 0.251 e. The van der Waals surface area contributed by atoms with E-state index in [2.05, 4.69) is 38.7 Å². The van der Waals surface area contributed by atoms with E-state index in [-0.39, 0.29) is 30.2 Å². The molecule has 10 heteroatoms. The van der Waals surface area contributed by atoms with E-state index in [0.29, 0.717) is 26.1 Å². The number of amides is 3. The fourth-order valence-corrected chi connectivity index (χ4v) is 10.6. The number of hydrogen-bond donors (Lipinski definition) is 1. The van der Waals surface area contributed by atoms with Gasteiger partial charge in [-0.3, -0.25) is 14.4 Å². The van der Waals surface area contributed by atoms with Crippen LogP contribution in [0.5, 0.6) is 5.75 Å². The van der Waals surface area contributed by atoms with Crippen LogP contribution in [0.2, 0.25) is 0 Å². The number of aliphatic hydroxyl groups is 1. The summed E-state index contributed by atoms with van der Waals surface area (Å²) in [7, 11) is 0. The highest BCUT2D eigenvalue weighted by atomic mass is 32.2. The van der Waals surface area contributed by atoms with Crippen molar-refractivity contribution in [3.8, 4) is 5.75 Å². The Morgan fingerprint density at radius 2 is 1.45 bits per heavy atom. The van der Waals surface area contributed by atoms with Crippen LogP contribution in [0.1, 0.15) is 48.0 Å². The summed E-state index contributed by atoms with van der Waals surface area (Å²) in [6, 6.07) is 14.0. The molecule has 2 aromatic carbocycles. The molecule has 0 saturated carbocycles. The number of nitrogens with zero attached hydrogens (tertiary/aromatic N) is 4. The summed E-state index contributed by atoms with van der Waals surface area (Å²) in [5, 5.41) is 10.8. The van der Waals surface area contributed by atoms with Gasteiger partial charge < -0.3 is 29.4 Å². The average molecular weight is 687 g/mol. The van der Waals surface area contributed by atoms with Crippen molar-refractivity contribution in [1.29, 1.82) is 0 Å². The number of carbonyl (C=O) groups is 3. The molecule has 1 spiro atoms. The van der Waals surface area contributed by atoms with Crippen LogP contribution in [0, 0.1) is 17.8 Å². The molecule has 2 aromatic rings. The van der Waals surface area contributed by atoms with E-state index in [0.717, 1.165) is 35.9 Å². The maximum absolute atomic E-state index is 15.0. The first-order valence-electron chi connectivity index (χ1n) is 17.7. The van der Waals surface area contributed by atoms with Gasteiger partial charge in [0.15, 0.2) is 0 Å². The van der Waals surface area contributed by atoms with E-state index in [9.17, 15) is 9.90 Å². The van der Waals surface area contributed by atoms with Crippen LogP contribution in [-0.2, 0) is 14.4 Å². The lowest BCUT2D eigenvalue weighted by molar-refractivity contribution is -0.142. The van der Waals surface area contributed by atoms with Crippen LogP contribution in [0.4, 0.5) is 17.1 Å². The van der Waals surface area contributed by atoms with Crippen molar-refractivity contribution in [1.82, 2.24) is 4.90 Å². The van der Waals surface area contributed by atoms with Crippen LogP contribution in [-0.4, -0.2) is 88.7 Å². The summed E-state index contributed by atoms with van der Waals surface area (Å²) in [5.74, 6) is -1.18. The van der Waals surface area contributed by atoms with Crippen molar-refractivity contribution in [3.63, 3.8) is 0 Å². The third-order valence-electron chi connectivity index (χ3n) is 10.6. The molecule has 2 saturated heterocycles. The molecule has 6 rings (SSSR count). The molecule has 4 aliphatic rings. The molecular weight excluding hydrogens is 637 g/mol. The van der Waals surface area contributed by atoms with Crippen LogP contribution in [0.15, 0.2) is 72.8 Å². The number of anilines is 3. The van der Waals surface area contributed by atoms with E-state index < -0.39 is 33.4 Å². The molecule has 9 nitrogen and oxygen atoms in total. The van der Waals surface area contributed by atoms with Crippen molar-refractivity contribution < 1.29 is 24.2 Å². The molecule has 1 N–H and O–H groups in total. The Labute approximate surface area is 294 Å². The topological polar surface area (TPSA) is 93.6 Å². The predicted molar refractivity (Wildman–Crippen MR) is 197 cm³/mol. The summed E-state index contributed by atoms with van der Waals surface area (Å²) < 4.78 is 3.90. The van der Waals surface area contributed by atoms with Crippen LogP contribution in [0.25, 0.3) is 0 Å². The van der Waals surface area contributed by atoms with Gasteiger partial charge in [-0.2, -0.15) is 0 Å². The van der Waals surface area contributed by atoms with E-state index in [4.69, 9.17) is 4.74 Å². The summed E-state index contributed by atoms with van der Waals surface area (Å²) >= 11 is 1.56. The van der Waals surface area contributed by atoms with Crippen molar-refractivity contribution in [2.75, 3.05) is 54.1 Å². The lowest BCUT2D eigenvalue weighted by Crippen LogP contribution is -2.57. The minimum atomic E-state index is -1.00.